The molecule has 9 heteroatoms. The molecule has 0 unspecified atom stereocenters. The molecular weight excluding hydrogens is 421 g/mol. The van der Waals surface area contributed by atoms with Crippen molar-refractivity contribution in [2.45, 2.75) is 70.4 Å². The molecule has 1 saturated carbocycles. The summed E-state index contributed by atoms with van der Waals surface area (Å²) in [5.74, 6) is -1.50. The highest BCUT2D eigenvalue weighted by atomic mass is 32.2. The van der Waals surface area contributed by atoms with Crippen LogP contribution in [0.3, 0.4) is 0 Å². The maximum Gasteiger partial charge on any atom is 0.247 e. The van der Waals surface area contributed by atoms with Crippen LogP contribution in [0, 0.1) is 5.82 Å². The minimum atomic E-state index is -3.67. The third-order valence-corrected chi connectivity index (χ3v) is 8.09. The minimum absolute atomic E-state index is 0.00652. The predicted molar refractivity (Wildman–Crippen MR) is 118 cm³/mol. The van der Waals surface area contributed by atoms with Crippen LogP contribution in [0.1, 0.15) is 58.8 Å². The van der Waals surface area contributed by atoms with Crippen LogP contribution in [0.25, 0.3) is 0 Å². The lowest BCUT2D eigenvalue weighted by atomic mass is 9.92. The monoisotopic (exact) mass is 453 g/mol. The van der Waals surface area contributed by atoms with Gasteiger partial charge in [-0.3, -0.25) is 14.5 Å². The molecule has 2 fully saturated rings. The zero-order chi connectivity index (χ0) is 22.6. The molecule has 0 aromatic heterocycles. The van der Waals surface area contributed by atoms with Gasteiger partial charge in [-0.05, 0) is 51.0 Å². The van der Waals surface area contributed by atoms with Crippen molar-refractivity contribution in [3.05, 3.63) is 30.1 Å². The van der Waals surface area contributed by atoms with Crippen LogP contribution in [0.15, 0.2) is 24.3 Å². The SMILES string of the molecule is CCS(=O)(=O)N1CC(=O)N(c2ccc(F)cc2)[C@@](C)(C(=O)NC2CCCCCCC2)C1. The second-order valence-electron chi connectivity index (χ2n) is 8.66. The molecule has 1 aromatic carbocycles. The number of carbonyl (C=O) groups excluding carboxylic acids is 2. The number of nitrogens with zero attached hydrogens (tertiary/aromatic N) is 2. The highest BCUT2D eigenvalue weighted by Gasteiger charge is 2.50. The summed E-state index contributed by atoms with van der Waals surface area (Å²) in [6.45, 7) is 2.60. The predicted octanol–water partition coefficient (Wildman–Crippen LogP) is 2.81. The second-order valence-corrected chi connectivity index (χ2v) is 10.9. The fraction of sp³-hybridized carbons (Fsp3) is 0.636. The Hall–Kier alpha value is -2.00. The molecule has 1 saturated heterocycles. The quantitative estimate of drug-likeness (QED) is 0.743. The van der Waals surface area contributed by atoms with Gasteiger partial charge in [-0.15, -0.1) is 0 Å². The summed E-state index contributed by atoms with van der Waals surface area (Å²) in [4.78, 5) is 28.0. The topological polar surface area (TPSA) is 86.8 Å². The molecular formula is C22H32FN3O4S. The highest BCUT2D eigenvalue weighted by molar-refractivity contribution is 7.89. The molecule has 31 heavy (non-hydrogen) atoms. The number of anilines is 1. The number of rotatable bonds is 5. The zero-order valence-electron chi connectivity index (χ0n) is 18.3. The molecule has 1 atom stereocenters. The van der Waals surface area contributed by atoms with Gasteiger partial charge in [0.25, 0.3) is 0 Å². The van der Waals surface area contributed by atoms with Crippen LogP contribution >= 0.6 is 0 Å². The Bertz CT molecular complexity index is 898. The van der Waals surface area contributed by atoms with Crippen molar-refractivity contribution >= 4 is 27.5 Å². The van der Waals surface area contributed by atoms with Crippen LogP contribution in [-0.4, -0.2) is 55.0 Å². The second kappa shape index (κ2) is 9.65. The smallest absolute Gasteiger partial charge is 0.247 e. The first-order valence-corrected chi connectivity index (χ1v) is 12.7. The number of sulfonamides is 1. The minimum Gasteiger partial charge on any atom is -0.351 e. The largest absolute Gasteiger partial charge is 0.351 e. The number of halogens is 1. The van der Waals surface area contributed by atoms with Crippen molar-refractivity contribution < 1.29 is 22.4 Å². The first-order valence-electron chi connectivity index (χ1n) is 11.0. The summed E-state index contributed by atoms with van der Waals surface area (Å²) in [7, 11) is -3.67. The molecule has 1 N–H and O–H groups in total. The molecule has 1 heterocycles. The van der Waals surface area contributed by atoms with Crippen LogP contribution in [-0.2, 0) is 19.6 Å². The third-order valence-electron chi connectivity index (χ3n) is 6.31. The summed E-state index contributed by atoms with van der Waals surface area (Å²) in [5.41, 5.74) is -1.08. The average Bonchev–Trinajstić information content (AvgIpc) is 2.70. The fourth-order valence-electron chi connectivity index (χ4n) is 4.48. The maximum absolute atomic E-state index is 13.5. The van der Waals surface area contributed by atoms with E-state index in [9.17, 15) is 22.4 Å². The molecule has 7 nitrogen and oxygen atoms in total. The van der Waals surface area contributed by atoms with Crippen molar-refractivity contribution in [1.82, 2.24) is 9.62 Å². The van der Waals surface area contributed by atoms with E-state index < -0.39 is 27.3 Å². The Labute approximate surface area is 184 Å². The summed E-state index contributed by atoms with van der Waals surface area (Å²) in [6, 6.07) is 5.33. The first kappa shape index (κ1) is 23.7. The summed E-state index contributed by atoms with van der Waals surface area (Å²) in [6.07, 6.45) is 7.25. The van der Waals surface area contributed by atoms with E-state index in [1.807, 2.05) is 0 Å². The lowest BCUT2D eigenvalue weighted by molar-refractivity contribution is -0.133. The van der Waals surface area contributed by atoms with E-state index in [1.54, 1.807) is 6.92 Å². The molecule has 2 amide bonds. The van der Waals surface area contributed by atoms with Gasteiger partial charge in [0, 0.05) is 18.3 Å². The van der Waals surface area contributed by atoms with Crippen LogP contribution in [0.5, 0.6) is 0 Å². The molecule has 0 bridgehead atoms. The van der Waals surface area contributed by atoms with Gasteiger partial charge in [0.1, 0.15) is 11.4 Å². The molecule has 1 aliphatic carbocycles. The van der Waals surface area contributed by atoms with E-state index in [0.717, 1.165) is 42.8 Å². The Balaban J connectivity index is 1.94. The molecule has 0 radical (unpaired) electrons. The Morgan fingerprint density at radius 3 is 2.29 bits per heavy atom. The van der Waals surface area contributed by atoms with Crippen LogP contribution in [0.4, 0.5) is 10.1 Å². The van der Waals surface area contributed by atoms with Crippen molar-refractivity contribution in [2.24, 2.45) is 0 Å². The third kappa shape index (κ3) is 5.26. The maximum atomic E-state index is 13.5. The molecule has 1 aliphatic heterocycles. The fourth-order valence-corrected chi connectivity index (χ4v) is 5.60. The highest BCUT2D eigenvalue weighted by Crippen LogP contribution is 2.31. The van der Waals surface area contributed by atoms with Crippen molar-refractivity contribution in [1.29, 1.82) is 0 Å². The van der Waals surface area contributed by atoms with Gasteiger partial charge >= 0.3 is 0 Å². The Morgan fingerprint density at radius 1 is 1.13 bits per heavy atom. The number of piperazine rings is 1. The lowest BCUT2D eigenvalue weighted by Crippen LogP contribution is -2.71. The lowest BCUT2D eigenvalue weighted by Gasteiger charge is -2.47. The zero-order valence-corrected chi connectivity index (χ0v) is 19.1. The van der Waals surface area contributed by atoms with Gasteiger partial charge in [0.2, 0.25) is 21.8 Å². The first-order chi connectivity index (χ1) is 14.7. The summed E-state index contributed by atoms with van der Waals surface area (Å²) < 4.78 is 39.7. The molecule has 2 aliphatic rings. The van der Waals surface area contributed by atoms with Gasteiger partial charge in [0.05, 0.1) is 12.3 Å². The van der Waals surface area contributed by atoms with Crippen molar-refractivity contribution in [2.75, 3.05) is 23.7 Å². The van der Waals surface area contributed by atoms with Crippen LogP contribution < -0.4 is 10.2 Å². The van der Waals surface area contributed by atoms with Crippen molar-refractivity contribution in [3.8, 4) is 0 Å². The Kier molecular flexibility index (Phi) is 7.36. The summed E-state index contributed by atoms with van der Waals surface area (Å²) in [5, 5.41) is 3.09. The number of amides is 2. The van der Waals surface area contributed by atoms with Gasteiger partial charge in [0.15, 0.2) is 0 Å². The number of hydrogen-bond acceptors (Lipinski definition) is 4. The number of carbonyl (C=O) groups is 2. The van der Waals surface area contributed by atoms with E-state index in [4.69, 9.17) is 0 Å². The molecule has 1 aromatic rings. The van der Waals surface area contributed by atoms with Crippen LogP contribution in [0.2, 0.25) is 0 Å². The number of nitrogens with one attached hydrogen (secondary N) is 1. The van der Waals surface area contributed by atoms with Gasteiger partial charge < -0.3 is 5.32 Å². The van der Waals surface area contributed by atoms with E-state index in [-0.39, 0.29) is 30.8 Å². The molecule has 172 valence electrons. The van der Waals surface area contributed by atoms with E-state index >= 15 is 0 Å². The van der Waals surface area contributed by atoms with Gasteiger partial charge in [-0.2, -0.15) is 4.31 Å². The average molecular weight is 454 g/mol. The van der Waals surface area contributed by atoms with E-state index in [0.29, 0.717) is 5.69 Å². The van der Waals surface area contributed by atoms with Gasteiger partial charge in [-0.1, -0.05) is 32.1 Å². The Morgan fingerprint density at radius 2 is 1.71 bits per heavy atom. The van der Waals surface area contributed by atoms with E-state index in [2.05, 4.69) is 5.32 Å². The standard InChI is InChI=1S/C22H32FN3O4S/c1-3-31(29,30)25-15-20(27)26(19-13-11-17(23)12-14-19)22(2,16-25)21(28)24-18-9-7-5-4-6-8-10-18/h11-14,18H,3-10,15-16H2,1-2H3,(H,24,28)/t22-/m1/s1. The summed E-state index contributed by atoms with van der Waals surface area (Å²) >= 11 is 0. The number of benzene rings is 1. The molecule has 3 rings (SSSR count). The number of hydrogen-bond donors (Lipinski definition) is 1. The normalized spacial score (nSPS) is 24.5. The molecule has 0 spiro atoms. The van der Waals surface area contributed by atoms with Crippen molar-refractivity contribution in [3.63, 3.8) is 0 Å². The van der Waals surface area contributed by atoms with Gasteiger partial charge in [-0.25, -0.2) is 12.8 Å². The van der Waals surface area contributed by atoms with E-state index in [1.165, 1.54) is 42.5 Å².